The van der Waals surface area contributed by atoms with Gasteiger partial charge < -0.3 is 5.32 Å². The van der Waals surface area contributed by atoms with Gasteiger partial charge in [-0.25, -0.2) is 8.78 Å². The molecule has 2 rings (SSSR count). The predicted octanol–water partition coefficient (Wildman–Crippen LogP) is 4.18. The first-order chi connectivity index (χ1) is 9.60. The van der Waals surface area contributed by atoms with Crippen LogP contribution in [0.25, 0.3) is 0 Å². The second-order valence-corrected chi connectivity index (χ2v) is 5.49. The monoisotopic (exact) mass is 294 g/mol. The third-order valence-corrected chi connectivity index (χ3v) is 3.84. The fourth-order valence-electron chi connectivity index (χ4n) is 1.80. The summed E-state index contributed by atoms with van der Waals surface area (Å²) in [6.45, 7) is 4.94. The first-order valence-corrected chi connectivity index (χ1v) is 7.24. The first-order valence-electron chi connectivity index (χ1n) is 6.42. The van der Waals surface area contributed by atoms with Gasteiger partial charge in [-0.05, 0) is 43.8 Å². The Morgan fingerprint density at radius 2 is 2.05 bits per heavy atom. The lowest BCUT2D eigenvalue weighted by Gasteiger charge is -2.12. The maximum atomic E-state index is 13.5. The standard InChI is InChI=1S/C15H16F2N2S/c1-3-18-10(2)14-7-5-12(9-19-14)20-15-8-11(16)4-6-13(15)17/h4-10,18H,3H2,1-2H3. The third kappa shape index (κ3) is 3.77. The minimum absolute atomic E-state index is 0.171. The quantitative estimate of drug-likeness (QED) is 0.895. The van der Waals surface area contributed by atoms with Gasteiger partial charge in [0.05, 0.1) is 10.6 Å². The molecule has 0 aliphatic rings. The summed E-state index contributed by atoms with van der Waals surface area (Å²) in [5.41, 5.74) is 0.927. The molecule has 20 heavy (non-hydrogen) atoms. The molecule has 0 amide bonds. The zero-order chi connectivity index (χ0) is 14.5. The van der Waals surface area contributed by atoms with E-state index in [9.17, 15) is 8.78 Å². The molecule has 2 aromatic rings. The highest BCUT2D eigenvalue weighted by molar-refractivity contribution is 7.99. The lowest BCUT2D eigenvalue weighted by molar-refractivity contribution is 0.577. The first kappa shape index (κ1) is 14.9. The number of nitrogens with one attached hydrogen (secondary N) is 1. The largest absolute Gasteiger partial charge is 0.309 e. The summed E-state index contributed by atoms with van der Waals surface area (Å²) < 4.78 is 26.6. The molecule has 0 saturated carbocycles. The van der Waals surface area contributed by atoms with E-state index in [2.05, 4.69) is 10.3 Å². The number of pyridine rings is 1. The molecular weight excluding hydrogens is 278 g/mol. The molecule has 0 fully saturated rings. The van der Waals surface area contributed by atoms with Crippen molar-refractivity contribution in [2.75, 3.05) is 6.54 Å². The Labute approximate surface area is 121 Å². The molecule has 0 bridgehead atoms. The molecule has 0 spiro atoms. The average molecular weight is 294 g/mol. The van der Waals surface area contributed by atoms with E-state index in [1.807, 2.05) is 26.0 Å². The van der Waals surface area contributed by atoms with Gasteiger partial charge in [0.2, 0.25) is 0 Å². The highest BCUT2D eigenvalue weighted by Crippen LogP contribution is 2.30. The third-order valence-electron chi connectivity index (χ3n) is 2.83. The Hall–Kier alpha value is -1.46. The van der Waals surface area contributed by atoms with Gasteiger partial charge in [0.25, 0.3) is 0 Å². The van der Waals surface area contributed by atoms with E-state index >= 15 is 0 Å². The van der Waals surface area contributed by atoms with Crippen molar-refractivity contribution in [3.63, 3.8) is 0 Å². The zero-order valence-corrected chi connectivity index (χ0v) is 12.2. The predicted molar refractivity (Wildman–Crippen MR) is 76.8 cm³/mol. The molecule has 0 saturated heterocycles. The summed E-state index contributed by atoms with van der Waals surface area (Å²) in [6.07, 6.45) is 1.68. The van der Waals surface area contributed by atoms with Crippen LogP contribution in [0.5, 0.6) is 0 Å². The van der Waals surface area contributed by atoms with Crippen molar-refractivity contribution in [2.45, 2.75) is 29.7 Å². The topological polar surface area (TPSA) is 24.9 Å². The second-order valence-electron chi connectivity index (χ2n) is 4.37. The number of hydrogen-bond donors (Lipinski definition) is 1. The summed E-state index contributed by atoms with van der Waals surface area (Å²) in [6, 6.07) is 7.36. The maximum absolute atomic E-state index is 13.5. The minimum Gasteiger partial charge on any atom is -0.309 e. The summed E-state index contributed by atoms with van der Waals surface area (Å²) >= 11 is 1.16. The molecule has 1 N–H and O–H groups in total. The number of halogens is 2. The Morgan fingerprint density at radius 1 is 1.25 bits per heavy atom. The summed E-state index contributed by atoms with van der Waals surface area (Å²) in [5.74, 6) is -0.874. The van der Waals surface area contributed by atoms with Crippen LogP contribution in [0.4, 0.5) is 8.78 Å². The van der Waals surface area contributed by atoms with Crippen molar-refractivity contribution in [1.29, 1.82) is 0 Å². The molecule has 1 aromatic carbocycles. The fraction of sp³-hybridized carbons (Fsp3) is 0.267. The van der Waals surface area contributed by atoms with Crippen LogP contribution in [-0.4, -0.2) is 11.5 Å². The van der Waals surface area contributed by atoms with Gasteiger partial charge in [-0.3, -0.25) is 4.98 Å². The zero-order valence-electron chi connectivity index (χ0n) is 11.4. The Balaban J connectivity index is 2.12. The van der Waals surface area contributed by atoms with Gasteiger partial charge in [0, 0.05) is 17.1 Å². The van der Waals surface area contributed by atoms with Crippen molar-refractivity contribution in [3.8, 4) is 0 Å². The average Bonchev–Trinajstić information content (AvgIpc) is 2.44. The molecule has 106 valence electrons. The SMILES string of the molecule is CCNC(C)c1ccc(Sc2cc(F)ccc2F)cn1. The lowest BCUT2D eigenvalue weighted by atomic mass is 10.2. The molecule has 1 heterocycles. The van der Waals surface area contributed by atoms with Crippen molar-refractivity contribution < 1.29 is 8.78 Å². The second kappa shape index (κ2) is 6.81. The van der Waals surface area contributed by atoms with E-state index in [4.69, 9.17) is 0 Å². The van der Waals surface area contributed by atoms with Gasteiger partial charge in [-0.2, -0.15) is 0 Å². The maximum Gasteiger partial charge on any atom is 0.137 e. The Bertz CT molecular complexity index is 573. The lowest BCUT2D eigenvalue weighted by Crippen LogP contribution is -2.18. The van der Waals surface area contributed by atoms with Crippen LogP contribution in [0.2, 0.25) is 0 Å². The van der Waals surface area contributed by atoms with Crippen molar-refractivity contribution in [3.05, 3.63) is 53.9 Å². The summed E-state index contributed by atoms with van der Waals surface area (Å²) in [4.78, 5) is 5.39. The Kier molecular flexibility index (Phi) is 5.09. The van der Waals surface area contributed by atoms with Crippen LogP contribution in [0, 0.1) is 11.6 Å². The normalized spacial score (nSPS) is 12.4. The van der Waals surface area contributed by atoms with E-state index in [1.165, 1.54) is 6.07 Å². The molecule has 0 aliphatic heterocycles. The van der Waals surface area contributed by atoms with Crippen molar-refractivity contribution >= 4 is 11.8 Å². The van der Waals surface area contributed by atoms with Crippen LogP contribution >= 0.6 is 11.8 Å². The van der Waals surface area contributed by atoms with E-state index in [1.54, 1.807) is 6.20 Å². The molecule has 5 heteroatoms. The van der Waals surface area contributed by atoms with E-state index < -0.39 is 11.6 Å². The molecule has 1 atom stereocenters. The molecule has 0 aliphatic carbocycles. The van der Waals surface area contributed by atoms with Crippen LogP contribution in [0.1, 0.15) is 25.6 Å². The number of nitrogens with zero attached hydrogens (tertiary/aromatic N) is 1. The van der Waals surface area contributed by atoms with Crippen molar-refractivity contribution in [1.82, 2.24) is 10.3 Å². The molecule has 2 nitrogen and oxygen atoms in total. The van der Waals surface area contributed by atoms with Crippen LogP contribution < -0.4 is 5.32 Å². The van der Waals surface area contributed by atoms with Gasteiger partial charge in [0.15, 0.2) is 0 Å². The number of aromatic nitrogens is 1. The molecular formula is C15H16F2N2S. The smallest absolute Gasteiger partial charge is 0.137 e. The van der Waals surface area contributed by atoms with Crippen LogP contribution in [0.3, 0.4) is 0 Å². The minimum atomic E-state index is -0.445. The van der Waals surface area contributed by atoms with Gasteiger partial charge in [0.1, 0.15) is 11.6 Å². The van der Waals surface area contributed by atoms with E-state index in [0.717, 1.165) is 41.0 Å². The Morgan fingerprint density at radius 3 is 2.70 bits per heavy atom. The highest BCUT2D eigenvalue weighted by atomic mass is 32.2. The summed E-state index contributed by atoms with van der Waals surface area (Å²) in [7, 11) is 0. The molecule has 0 radical (unpaired) electrons. The number of rotatable bonds is 5. The van der Waals surface area contributed by atoms with Gasteiger partial charge in [-0.1, -0.05) is 18.7 Å². The fourth-order valence-corrected chi connectivity index (χ4v) is 2.63. The van der Waals surface area contributed by atoms with Crippen LogP contribution in [-0.2, 0) is 0 Å². The van der Waals surface area contributed by atoms with Crippen molar-refractivity contribution in [2.24, 2.45) is 0 Å². The molecule has 1 aromatic heterocycles. The van der Waals surface area contributed by atoms with E-state index in [0.29, 0.717) is 0 Å². The van der Waals surface area contributed by atoms with Gasteiger partial charge >= 0.3 is 0 Å². The van der Waals surface area contributed by atoms with E-state index in [-0.39, 0.29) is 10.9 Å². The number of benzene rings is 1. The number of hydrogen-bond acceptors (Lipinski definition) is 3. The highest BCUT2D eigenvalue weighted by Gasteiger charge is 2.08. The van der Waals surface area contributed by atoms with Crippen LogP contribution in [0.15, 0.2) is 46.3 Å². The summed E-state index contributed by atoms with van der Waals surface area (Å²) in [5, 5.41) is 3.27. The molecule has 1 unspecified atom stereocenters. The van der Waals surface area contributed by atoms with Gasteiger partial charge in [-0.15, -0.1) is 0 Å².